The molecule has 0 aliphatic heterocycles. The molecule has 2 N–H and O–H groups in total. The van der Waals surface area contributed by atoms with Crippen LogP contribution in [0.4, 0.5) is 0 Å². The standard InChI is InChI=1S/C14H19N3S/c1-3-8-17-10-12(9-16-17)14(15)11-4-6-13(18-2)7-5-11/h4-7,9-10,14H,3,8,15H2,1-2H3. The minimum absolute atomic E-state index is 0.0912. The van der Waals surface area contributed by atoms with E-state index in [1.54, 1.807) is 11.8 Å². The van der Waals surface area contributed by atoms with Crippen LogP contribution in [0.2, 0.25) is 0 Å². The van der Waals surface area contributed by atoms with Crippen LogP contribution in [0.1, 0.15) is 30.5 Å². The SMILES string of the molecule is CCCn1cc(C(N)c2ccc(SC)cc2)cn1. The van der Waals surface area contributed by atoms with Crippen molar-refractivity contribution in [3.05, 3.63) is 47.8 Å². The van der Waals surface area contributed by atoms with Gasteiger partial charge in [0.1, 0.15) is 0 Å². The normalized spacial score (nSPS) is 12.6. The largest absolute Gasteiger partial charge is 0.320 e. The molecule has 3 nitrogen and oxygen atoms in total. The summed E-state index contributed by atoms with van der Waals surface area (Å²) in [5.74, 6) is 0. The molecule has 1 atom stereocenters. The number of hydrogen-bond acceptors (Lipinski definition) is 3. The van der Waals surface area contributed by atoms with E-state index in [1.807, 2.05) is 17.1 Å². The van der Waals surface area contributed by atoms with E-state index < -0.39 is 0 Å². The fourth-order valence-corrected chi connectivity index (χ4v) is 2.30. The van der Waals surface area contributed by atoms with E-state index in [-0.39, 0.29) is 6.04 Å². The maximum absolute atomic E-state index is 6.26. The van der Waals surface area contributed by atoms with Gasteiger partial charge in [-0.3, -0.25) is 4.68 Å². The van der Waals surface area contributed by atoms with Crippen LogP contribution in [0.5, 0.6) is 0 Å². The number of thioether (sulfide) groups is 1. The molecular weight excluding hydrogens is 242 g/mol. The summed E-state index contributed by atoms with van der Waals surface area (Å²) < 4.78 is 1.95. The van der Waals surface area contributed by atoms with Gasteiger partial charge in [-0.1, -0.05) is 19.1 Å². The van der Waals surface area contributed by atoms with E-state index >= 15 is 0 Å². The number of hydrogen-bond donors (Lipinski definition) is 1. The van der Waals surface area contributed by atoms with Gasteiger partial charge in [-0.2, -0.15) is 5.10 Å². The first-order valence-electron chi connectivity index (χ1n) is 6.16. The van der Waals surface area contributed by atoms with Crippen LogP contribution in [0.25, 0.3) is 0 Å². The fraction of sp³-hybridized carbons (Fsp3) is 0.357. The molecule has 1 aromatic carbocycles. The van der Waals surface area contributed by atoms with Crippen LogP contribution < -0.4 is 5.73 Å². The number of nitrogens with zero attached hydrogens (tertiary/aromatic N) is 2. The van der Waals surface area contributed by atoms with Crippen molar-refractivity contribution < 1.29 is 0 Å². The summed E-state index contributed by atoms with van der Waals surface area (Å²) in [7, 11) is 0. The molecule has 0 saturated carbocycles. The summed E-state index contributed by atoms with van der Waals surface area (Å²) in [6.07, 6.45) is 7.06. The predicted molar refractivity (Wildman–Crippen MR) is 76.8 cm³/mol. The van der Waals surface area contributed by atoms with Crippen molar-refractivity contribution in [3.8, 4) is 0 Å². The molecule has 0 aliphatic carbocycles. The van der Waals surface area contributed by atoms with Crippen LogP contribution in [-0.2, 0) is 6.54 Å². The summed E-state index contributed by atoms with van der Waals surface area (Å²) in [4.78, 5) is 1.26. The number of benzene rings is 1. The molecule has 96 valence electrons. The molecule has 0 fully saturated rings. The van der Waals surface area contributed by atoms with E-state index in [0.717, 1.165) is 24.1 Å². The summed E-state index contributed by atoms with van der Waals surface area (Å²) >= 11 is 1.74. The third-order valence-corrected chi connectivity index (χ3v) is 3.68. The zero-order valence-electron chi connectivity index (χ0n) is 10.8. The summed E-state index contributed by atoms with van der Waals surface area (Å²) in [6, 6.07) is 8.31. The van der Waals surface area contributed by atoms with Gasteiger partial charge in [0.15, 0.2) is 0 Å². The van der Waals surface area contributed by atoms with E-state index in [4.69, 9.17) is 5.73 Å². The third kappa shape index (κ3) is 2.94. The van der Waals surface area contributed by atoms with Gasteiger partial charge >= 0.3 is 0 Å². The van der Waals surface area contributed by atoms with E-state index in [9.17, 15) is 0 Å². The topological polar surface area (TPSA) is 43.8 Å². The van der Waals surface area contributed by atoms with Crippen LogP contribution in [0, 0.1) is 0 Å². The van der Waals surface area contributed by atoms with E-state index in [1.165, 1.54) is 4.90 Å². The molecule has 0 saturated heterocycles. The molecule has 2 rings (SSSR count). The van der Waals surface area contributed by atoms with E-state index in [0.29, 0.717) is 0 Å². The summed E-state index contributed by atoms with van der Waals surface area (Å²) in [6.45, 7) is 3.08. The van der Waals surface area contributed by atoms with Crippen molar-refractivity contribution in [2.45, 2.75) is 30.8 Å². The van der Waals surface area contributed by atoms with Gasteiger partial charge in [0.05, 0.1) is 12.2 Å². The van der Waals surface area contributed by atoms with Gasteiger partial charge in [-0.25, -0.2) is 0 Å². The molecule has 4 heteroatoms. The molecule has 2 aromatic rings. The van der Waals surface area contributed by atoms with Crippen molar-refractivity contribution >= 4 is 11.8 Å². The highest BCUT2D eigenvalue weighted by Gasteiger charge is 2.10. The Hall–Kier alpha value is -1.26. The maximum atomic E-state index is 6.26. The molecule has 0 aliphatic rings. The van der Waals surface area contributed by atoms with Gasteiger partial charge in [0.25, 0.3) is 0 Å². The molecule has 1 aromatic heterocycles. The Morgan fingerprint density at radius 1 is 1.28 bits per heavy atom. The predicted octanol–water partition coefficient (Wildman–Crippen LogP) is 3.06. The summed E-state index contributed by atoms with van der Waals surface area (Å²) in [5, 5.41) is 4.32. The molecule has 1 heterocycles. The zero-order valence-corrected chi connectivity index (χ0v) is 11.7. The average molecular weight is 261 g/mol. The molecule has 0 radical (unpaired) electrons. The highest BCUT2D eigenvalue weighted by Crippen LogP contribution is 2.22. The Morgan fingerprint density at radius 3 is 2.61 bits per heavy atom. The first-order chi connectivity index (χ1) is 8.74. The molecule has 0 amide bonds. The quantitative estimate of drug-likeness (QED) is 0.841. The minimum Gasteiger partial charge on any atom is -0.320 e. The van der Waals surface area contributed by atoms with Gasteiger partial charge < -0.3 is 5.73 Å². The second kappa shape index (κ2) is 6.07. The monoisotopic (exact) mass is 261 g/mol. The van der Waals surface area contributed by atoms with Gasteiger partial charge in [0, 0.05) is 23.2 Å². The number of aryl methyl sites for hydroxylation is 1. The average Bonchev–Trinajstić information content (AvgIpc) is 2.87. The smallest absolute Gasteiger partial charge is 0.0582 e. The highest BCUT2D eigenvalue weighted by atomic mass is 32.2. The van der Waals surface area contributed by atoms with Crippen LogP contribution in [0.3, 0.4) is 0 Å². The Balaban J connectivity index is 2.15. The number of rotatable bonds is 5. The lowest BCUT2D eigenvalue weighted by Gasteiger charge is -2.10. The van der Waals surface area contributed by atoms with Gasteiger partial charge in [-0.05, 0) is 30.4 Å². The van der Waals surface area contributed by atoms with E-state index in [2.05, 4.69) is 42.5 Å². The Kier molecular flexibility index (Phi) is 4.44. The lowest BCUT2D eigenvalue weighted by Crippen LogP contribution is -2.11. The Bertz CT molecular complexity index is 490. The Labute approximate surface area is 112 Å². The molecule has 0 bridgehead atoms. The lowest BCUT2D eigenvalue weighted by molar-refractivity contribution is 0.602. The minimum atomic E-state index is -0.0912. The summed E-state index contributed by atoms with van der Waals surface area (Å²) in [5.41, 5.74) is 8.46. The maximum Gasteiger partial charge on any atom is 0.0582 e. The zero-order chi connectivity index (χ0) is 13.0. The van der Waals surface area contributed by atoms with Crippen molar-refractivity contribution in [3.63, 3.8) is 0 Å². The number of nitrogens with two attached hydrogens (primary N) is 1. The highest BCUT2D eigenvalue weighted by molar-refractivity contribution is 7.98. The second-order valence-corrected chi connectivity index (χ2v) is 5.17. The van der Waals surface area contributed by atoms with Crippen molar-refractivity contribution in [1.29, 1.82) is 0 Å². The van der Waals surface area contributed by atoms with Crippen LogP contribution in [0.15, 0.2) is 41.6 Å². The molecule has 1 unspecified atom stereocenters. The van der Waals surface area contributed by atoms with Crippen molar-refractivity contribution in [2.24, 2.45) is 5.73 Å². The Morgan fingerprint density at radius 2 is 2.00 bits per heavy atom. The second-order valence-electron chi connectivity index (χ2n) is 4.29. The molecule has 0 spiro atoms. The van der Waals surface area contributed by atoms with Gasteiger partial charge in [0.2, 0.25) is 0 Å². The van der Waals surface area contributed by atoms with Crippen molar-refractivity contribution in [2.75, 3.05) is 6.26 Å². The fourth-order valence-electron chi connectivity index (χ4n) is 1.90. The third-order valence-electron chi connectivity index (χ3n) is 2.94. The first-order valence-corrected chi connectivity index (χ1v) is 7.39. The van der Waals surface area contributed by atoms with Crippen LogP contribution >= 0.6 is 11.8 Å². The first kappa shape index (κ1) is 13.2. The molecular formula is C14H19N3S. The lowest BCUT2D eigenvalue weighted by atomic mass is 10.0. The van der Waals surface area contributed by atoms with Gasteiger partial charge in [-0.15, -0.1) is 11.8 Å². The van der Waals surface area contributed by atoms with Crippen molar-refractivity contribution in [1.82, 2.24) is 9.78 Å². The molecule has 18 heavy (non-hydrogen) atoms. The number of aromatic nitrogens is 2. The van der Waals surface area contributed by atoms with Crippen LogP contribution in [-0.4, -0.2) is 16.0 Å².